The van der Waals surface area contributed by atoms with Gasteiger partial charge in [-0.15, -0.1) is 0 Å². The molecule has 4 unspecified atom stereocenters. The van der Waals surface area contributed by atoms with E-state index in [2.05, 4.69) is 69.6 Å². The van der Waals surface area contributed by atoms with E-state index in [-0.39, 0.29) is 16.0 Å². The highest BCUT2D eigenvalue weighted by Crippen LogP contribution is 2.82. The van der Waals surface area contributed by atoms with Crippen LogP contribution in [0.3, 0.4) is 0 Å². The minimum Gasteiger partial charge on any atom is -0.369 e. The second-order valence-electron chi connectivity index (χ2n) is 11.5. The van der Waals surface area contributed by atoms with Crippen molar-refractivity contribution in [2.45, 2.75) is 75.0 Å². The van der Waals surface area contributed by atoms with Crippen LogP contribution in [0.25, 0.3) is 6.08 Å². The van der Waals surface area contributed by atoms with Gasteiger partial charge in [-0.2, -0.15) is 0 Å². The molecule has 3 fully saturated rings. The monoisotopic (exact) mass is 425 g/mol. The Kier molecular flexibility index (Phi) is 3.55. The van der Waals surface area contributed by atoms with Crippen LogP contribution in [0.1, 0.15) is 36.0 Å². The fraction of sp³-hybridized carbons (Fsp3) is 0.609. The van der Waals surface area contributed by atoms with Crippen molar-refractivity contribution in [3.63, 3.8) is 0 Å². The highest BCUT2D eigenvalue weighted by molar-refractivity contribution is 7.72. The Labute approximate surface area is 172 Å². The molecule has 2 N–H and O–H groups in total. The summed E-state index contributed by atoms with van der Waals surface area (Å²) in [5.74, 6) is 1.27. The Morgan fingerprint density at radius 2 is 1.71 bits per heavy atom. The molecule has 1 saturated heterocycles. The van der Waals surface area contributed by atoms with E-state index in [1.807, 2.05) is 0 Å². The van der Waals surface area contributed by atoms with E-state index in [9.17, 15) is 4.79 Å². The lowest BCUT2D eigenvalue weighted by Crippen LogP contribution is -2.69. The van der Waals surface area contributed by atoms with Crippen LogP contribution in [-0.2, 0) is 16.3 Å². The van der Waals surface area contributed by atoms with Gasteiger partial charge in [0.2, 0.25) is 5.91 Å². The standard InChI is InChI=1S/C23H35NOSi3/c1-26(2)22(20-12-8-10-16-9-7-11-19(16)20)17-13-14-18(15-17)23(22,21(24)25)27(3,4)28(26,5)6/h7-8,10-12,17-18H,9,13-15H2,1-6H3,(H2,24,25). The second-order valence-corrected chi connectivity index (χ2v) is 39.4. The molecule has 150 valence electrons. The molecule has 2 nitrogen and oxygen atoms in total. The first-order valence-corrected chi connectivity index (χ1v) is 22.1. The van der Waals surface area contributed by atoms with Crippen molar-refractivity contribution in [1.82, 2.24) is 0 Å². The van der Waals surface area contributed by atoms with Crippen molar-refractivity contribution in [3.05, 3.63) is 41.0 Å². The highest BCUT2D eigenvalue weighted by atomic mass is 29.6. The van der Waals surface area contributed by atoms with Gasteiger partial charge >= 0.3 is 0 Å². The molecule has 0 aromatic heterocycles. The van der Waals surface area contributed by atoms with E-state index in [1.165, 1.54) is 30.4 Å². The summed E-state index contributed by atoms with van der Waals surface area (Å²) in [6.07, 6.45) is 9.50. The maximum Gasteiger partial charge on any atom is 0.221 e. The molecule has 1 amide bonds. The lowest BCUT2D eigenvalue weighted by atomic mass is 9.71. The summed E-state index contributed by atoms with van der Waals surface area (Å²) < 4.78 is 0. The van der Waals surface area contributed by atoms with Crippen LogP contribution in [0.5, 0.6) is 0 Å². The molecule has 4 atom stereocenters. The van der Waals surface area contributed by atoms with Crippen LogP contribution < -0.4 is 5.73 Å². The van der Waals surface area contributed by atoms with Gasteiger partial charge in [-0.25, -0.2) is 0 Å². The van der Waals surface area contributed by atoms with Gasteiger partial charge in [-0.1, -0.05) is 69.6 Å². The SMILES string of the molecule is C[Si]1(C)C2(C(N)=O)C3CCC(C3)C2(c2cccc3c2C=CC3)[Si](C)(C)[Si]1(C)C. The summed E-state index contributed by atoms with van der Waals surface area (Å²) in [7, 11) is -5.28. The van der Waals surface area contributed by atoms with Gasteiger partial charge in [0.25, 0.3) is 0 Å². The number of hydrogen-bond acceptors (Lipinski definition) is 1. The molecule has 1 aliphatic heterocycles. The van der Waals surface area contributed by atoms with Crippen LogP contribution in [-0.4, -0.2) is 28.2 Å². The zero-order chi connectivity index (χ0) is 20.3. The van der Waals surface area contributed by atoms with Crippen molar-refractivity contribution in [3.8, 4) is 0 Å². The summed E-state index contributed by atoms with van der Waals surface area (Å²) in [5.41, 5.74) is 11.0. The molecule has 4 aliphatic rings. The fourth-order valence-corrected chi connectivity index (χ4v) is 53.6. The van der Waals surface area contributed by atoms with Gasteiger partial charge in [-0.3, -0.25) is 4.79 Å². The van der Waals surface area contributed by atoms with Crippen LogP contribution in [0.15, 0.2) is 24.3 Å². The lowest BCUT2D eigenvalue weighted by molar-refractivity contribution is -0.123. The molecule has 1 aromatic rings. The molecule has 5 heteroatoms. The number of carbonyl (C=O) groups excluding carboxylic acids is 1. The largest absolute Gasteiger partial charge is 0.369 e. The van der Waals surface area contributed by atoms with Gasteiger partial charge in [0, 0.05) is 17.2 Å². The van der Waals surface area contributed by atoms with Crippen LogP contribution in [0.4, 0.5) is 0 Å². The number of amides is 1. The molecular weight excluding hydrogens is 391 g/mol. The third-order valence-corrected chi connectivity index (χ3v) is 55.9. The Balaban J connectivity index is 1.98. The molecule has 5 rings (SSSR count). The first-order chi connectivity index (χ1) is 13.0. The highest BCUT2D eigenvalue weighted by Gasteiger charge is 2.89. The topological polar surface area (TPSA) is 43.1 Å². The number of hydrogen-bond donors (Lipinski definition) is 1. The van der Waals surface area contributed by atoms with Crippen LogP contribution >= 0.6 is 0 Å². The summed E-state index contributed by atoms with van der Waals surface area (Å²) in [6.45, 7) is 15.8. The second kappa shape index (κ2) is 5.22. The van der Waals surface area contributed by atoms with E-state index in [4.69, 9.17) is 5.73 Å². The normalized spacial score (nSPS) is 40.5. The smallest absolute Gasteiger partial charge is 0.221 e. The number of allylic oxidation sites excluding steroid dienone is 1. The average Bonchev–Trinajstić information content (AvgIpc) is 3.34. The van der Waals surface area contributed by atoms with Gasteiger partial charge in [-0.05, 0) is 54.2 Å². The maximum atomic E-state index is 13.7. The predicted octanol–water partition coefficient (Wildman–Crippen LogP) is 4.98. The summed E-state index contributed by atoms with van der Waals surface area (Å²) in [6, 6.07) is 6.99. The van der Waals surface area contributed by atoms with Gasteiger partial charge in [0.1, 0.15) is 0 Å². The molecule has 2 bridgehead atoms. The van der Waals surface area contributed by atoms with E-state index in [0.717, 1.165) is 6.42 Å². The molecule has 3 aliphatic carbocycles. The van der Waals surface area contributed by atoms with E-state index in [1.54, 1.807) is 5.56 Å². The predicted molar refractivity (Wildman–Crippen MR) is 126 cm³/mol. The number of carbonyl (C=O) groups is 1. The van der Waals surface area contributed by atoms with Crippen LogP contribution in [0.2, 0.25) is 44.3 Å². The third kappa shape index (κ3) is 1.54. The van der Waals surface area contributed by atoms with E-state index in [0.29, 0.717) is 11.8 Å². The lowest BCUT2D eigenvalue weighted by Gasteiger charge is -2.57. The van der Waals surface area contributed by atoms with E-state index < -0.39 is 22.3 Å². The first-order valence-electron chi connectivity index (χ1n) is 11.1. The zero-order valence-electron chi connectivity index (χ0n) is 18.4. The minimum atomic E-state index is -1.89. The Morgan fingerprint density at radius 3 is 2.39 bits per heavy atom. The number of fused-ring (bicyclic) bond motifs is 6. The molecule has 0 radical (unpaired) electrons. The van der Waals surface area contributed by atoms with Gasteiger partial charge in [0.15, 0.2) is 0 Å². The molecular formula is C23H35NOSi3. The molecule has 1 heterocycles. The molecule has 1 aromatic carbocycles. The van der Waals surface area contributed by atoms with Gasteiger partial charge in [0.05, 0.1) is 15.2 Å². The summed E-state index contributed by atoms with van der Waals surface area (Å²) >= 11 is 0. The number of rotatable bonds is 2. The van der Waals surface area contributed by atoms with E-state index >= 15 is 0 Å². The third-order valence-electron chi connectivity index (χ3n) is 11.0. The average molecular weight is 426 g/mol. The molecule has 0 spiro atoms. The van der Waals surface area contributed by atoms with Gasteiger partial charge < -0.3 is 5.73 Å². The first kappa shape index (κ1) is 19.1. The Morgan fingerprint density at radius 1 is 1.04 bits per heavy atom. The summed E-state index contributed by atoms with van der Waals surface area (Å²) in [4.78, 5) is 13.7. The minimum absolute atomic E-state index is 0.0558. The number of benzene rings is 1. The van der Waals surface area contributed by atoms with Crippen molar-refractivity contribution in [2.24, 2.45) is 17.6 Å². The van der Waals surface area contributed by atoms with Crippen molar-refractivity contribution >= 4 is 34.3 Å². The Bertz CT molecular complexity index is 934. The molecule has 2 saturated carbocycles. The zero-order valence-corrected chi connectivity index (χ0v) is 21.4. The quantitative estimate of drug-likeness (QED) is 0.667. The van der Waals surface area contributed by atoms with Crippen molar-refractivity contribution < 1.29 is 4.79 Å². The fourth-order valence-electron chi connectivity index (χ4n) is 9.29. The summed E-state index contributed by atoms with van der Waals surface area (Å²) in [5, 5.41) is -0.180. The van der Waals surface area contributed by atoms with Crippen LogP contribution in [0, 0.1) is 11.8 Å². The molecule has 28 heavy (non-hydrogen) atoms. The number of primary amides is 1. The number of nitrogens with two attached hydrogens (primary N) is 1. The maximum absolute atomic E-state index is 13.7. The van der Waals surface area contributed by atoms with Crippen molar-refractivity contribution in [2.75, 3.05) is 0 Å². The van der Waals surface area contributed by atoms with Crippen molar-refractivity contribution in [1.29, 1.82) is 0 Å². The Hall–Kier alpha value is -0.919.